The highest BCUT2D eigenvalue weighted by Crippen LogP contribution is 2.46. The van der Waals surface area contributed by atoms with Gasteiger partial charge in [0.15, 0.2) is 18.1 Å². The molecule has 0 saturated heterocycles. The number of nitrogens with one attached hydrogen (secondary N) is 1. The molecule has 1 spiro atoms. The number of fused-ring (bicyclic) bond motifs is 1. The number of amides is 1. The third kappa shape index (κ3) is 5.18. The molecule has 176 valence electrons. The smallest absolute Gasteiger partial charge is 0.312 e. The molecular weight excluding hydrogens is 476 g/mol. The van der Waals surface area contributed by atoms with Crippen LogP contribution in [0.25, 0.3) is 10.6 Å². The molecule has 0 bridgehead atoms. The van der Waals surface area contributed by atoms with E-state index in [-0.39, 0.29) is 13.0 Å². The highest BCUT2D eigenvalue weighted by atomic mass is 35.5. The number of anilines is 1. The van der Waals surface area contributed by atoms with Gasteiger partial charge in [0, 0.05) is 40.6 Å². The van der Waals surface area contributed by atoms with Gasteiger partial charge in [0.1, 0.15) is 5.01 Å². The molecule has 0 atom stereocenters. The third-order valence-corrected chi connectivity index (χ3v) is 6.92. The number of thiazole rings is 1. The molecule has 2 aromatic carbocycles. The molecular formula is C25H23ClN2O5S. The summed E-state index contributed by atoms with van der Waals surface area (Å²) in [6, 6.07) is 12.6. The van der Waals surface area contributed by atoms with Crippen molar-refractivity contribution in [2.24, 2.45) is 0 Å². The summed E-state index contributed by atoms with van der Waals surface area (Å²) in [6.07, 6.45) is 5.04. The van der Waals surface area contributed by atoms with E-state index in [1.54, 1.807) is 29.6 Å². The number of halogens is 1. The molecule has 2 aliphatic rings. The minimum atomic E-state index is -0.568. The van der Waals surface area contributed by atoms with E-state index in [9.17, 15) is 9.59 Å². The topological polar surface area (TPSA) is 86.8 Å². The predicted octanol–water partition coefficient (Wildman–Crippen LogP) is 5.62. The van der Waals surface area contributed by atoms with Gasteiger partial charge in [-0.1, -0.05) is 30.2 Å². The lowest BCUT2D eigenvalue weighted by atomic mass is 9.94. The molecule has 7 nitrogen and oxygen atoms in total. The van der Waals surface area contributed by atoms with Crippen molar-refractivity contribution < 1.29 is 23.8 Å². The minimum absolute atomic E-state index is 0.0174. The number of hydrogen-bond acceptors (Lipinski definition) is 7. The van der Waals surface area contributed by atoms with Crippen molar-refractivity contribution in [3.05, 3.63) is 58.6 Å². The van der Waals surface area contributed by atoms with E-state index in [1.165, 1.54) is 17.8 Å². The van der Waals surface area contributed by atoms with E-state index in [0.717, 1.165) is 36.3 Å². The fourth-order valence-electron chi connectivity index (χ4n) is 4.15. The molecule has 1 fully saturated rings. The number of ether oxygens (including phenoxy) is 3. The summed E-state index contributed by atoms with van der Waals surface area (Å²) < 4.78 is 17.3. The third-order valence-electron chi connectivity index (χ3n) is 5.75. The Balaban J connectivity index is 1.11. The van der Waals surface area contributed by atoms with E-state index >= 15 is 0 Å². The molecule has 1 saturated carbocycles. The van der Waals surface area contributed by atoms with Crippen molar-refractivity contribution in [2.75, 3.05) is 11.9 Å². The van der Waals surface area contributed by atoms with Crippen LogP contribution in [0.4, 0.5) is 5.69 Å². The van der Waals surface area contributed by atoms with Crippen LogP contribution in [0.15, 0.2) is 47.8 Å². The number of carbonyl (C=O) groups is 2. The number of hydrogen-bond donors (Lipinski definition) is 1. The molecule has 5 rings (SSSR count). The van der Waals surface area contributed by atoms with Crippen molar-refractivity contribution in [3.63, 3.8) is 0 Å². The Morgan fingerprint density at radius 2 is 1.91 bits per heavy atom. The largest absolute Gasteiger partial charge is 0.455 e. The van der Waals surface area contributed by atoms with Crippen LogP contribution >= 0.6 is 22.9 Å². The molecule has 3 aromatic rings. The van der Waals surface area contributed by atoms with Gasteiger partial charge in [-0.2, -0.15) is 0 Å². The van der Waals surface area contributed by atoms with E-state index in [0.29, 0.717) is 27.9 Å². The van der Waals surface area contributed by atoms with E-state index < -0.39 is 17.7 Å². The van der Waals surface area contributed by atoms with Crippen LogP contribution in [-0.2, 0) is 20.7 Å². The lowest BCUT2D eigenvalue weighted by molar-refractivity contribution is -0.146. The number of nitrogens with zero attached hydrogens (tertiary/aromatic N) is 1. The second kappa shape index (κ2) is 9.64. The average molecular weight is 499 g/mol. The average Bonchev–Trinajstić information content (AvgIpc) is 3.42. The first-order valence-corrected chi connectivity index (χ1v) is 12.4. The van der Waals surface area contributed by atoms with Crippen molar-refractivity contribution >= 4 is 40.5 Å². The van der Waals surface area contributed by atoms with Crippen molar-refractivity contribution in [2.45, 2.75) is 44.3 Å². The Morgan fingerprint density at radius 3 is 2.74 bits per heavy atom. The maximum Gasteiger partial charge on any atom is 0.312 e. The Bertz CT molecular complexity index is 1220. The molecule has 2 heterocycles. The quantitative estimate of drug-likeness (QED) is 0.444. The molecule has 0 radical (unpaired) electrons. The highest BCUT2D eigenvalue weighted by Gasteiger charge is 2.42. The normalized spacial score (nSPS) is 15.8. The van der Waals surface area contributed by atoms with Crippen LogP contribution in [0.2, 0.25) is 5.02 Å². The van der Waals surface area contributed by atoms with E-state index in [1.807, 2.05) is 18.2 Å². The van der Waals surface area contributed by atoms with Gasteiger partial charge >= 0.3 is 5.97 Å². The summed E-state index contributed by atoms with van der Waals surface area (Å²) in [5.74, 6) is -0.218. The molecule has 9 heteroatoms. The fraction of sp³-hybridized carbons (Fsp3) is 0.320. The highest BCUT2D eigenvalue weighted by molar-refractivity contribution is 7.13. The summed E-state index contributed by atoms with van der Waals surface area (Å²) in [4.78, 5) is 29.0. The maximum absolute atomic E-state index is 12.3. The molecule has 0 unspecified atom stereocenters. The van der Waals surface area contributed by atoms with Crippen LogP contribution in [0.3, 0.4) is 0 Å². The zero-order valence-electron chi connectivity index (χ0n) is 18.3. The summed E-state index contributed by atoms with van der Waals surface area (Å²) in [7, 11) is 0. The van der Waals surface area contributed by atoms with Gasteiger partial charge < -0.3 is 19.5 Å². The van der Waals surface area contributed by atoms with Gasteiger partial charge in [-0.3, -0.25) is 9.59 Å². The van der Waals surface area contributed by atoms with Crippen molar-refractivity contribution in [1.82, 2.24) is 4.98 Å². The Kier molecular flexibility index (Phi) is 6.43. The summed E-state index contributed by atoms with van der Waals surface area (Å²) >= 11 is 7.45. The van der Waals surface area contributed by atoms with Gasteiger partial charge in [-0.05, 0) is 37.1 Å². The van der Waals surface area contributed by atoms with Crippen LogP contribution in [0.1, 0.15) is 37.8 Å². The molecule has 1 aromatic heterocycles. The second-order valence-corrected chi connectivity index (χ2v) is 9.67. The number of rotatable bonds is 6. The summed E-state index contributed by atoms with van der Waals surface area (Å²) in [5, 5.41) is 5.92. The van der Waals surface area contributed by atoms with Gasteiger partial charge in [-0.15, -0.1) is 11.3 Å². The van der Waals surface area contributed by atoms with Crippen LogP contribution in [0, 0.1) is 0 Å². The first-order valence-electron chi connectivity index (χ1n) is 11.2. The van der Waals surface area contributed by atoms with Crippen LogP contribution in [0.5, 0.6) is 11.5 Å². The van der Waals surface area contributed by atoms with Gasteiger partial charge in [0.2, 0.25) is 0 Å². The molecule has 1 N–H and O–H groups in total. The lowest BCUT2D eigenvalue weighted by Crippen LogP contribution is -2.40. The monoisotopic (exact) mass is 498 g/mol. The first kappa shape index (κ1) is 22.7. The predicted molar refractivity (Wildman–Crippen MR) is 129 cm³/mol. The van der Waals surface area contributed by atoms with E-state index in [4.69, 9.17) is 25.8 Å². The van der Waals surface area contributed by atoms with Crippen LogP contribution < -0.4 is 14.8 Å². The Labute approximate surface area is 206 Å². The fourth-order valence-corrected chi connectivity index (χ4v) is 5.16. The SMILES string of the molecule is O=C(COC(=O)Cc1csc(-c2cccc(Cl)c2)n1)Nc1ccc2c(c1)OC1(CCCCC1)O2. The zero-order chi connectivity index (χ0) is 23.5. The van der Waals surface area contributed by atoms with Gasteiger partial charge in [0.05, 0.1) is 12.1 Å². The molecule has 1 aliphatic heterocycles. The second-order valence-electron chi connectivity index (χ2n) is 8.38. The van der Waals surface area contributed by atoms with Gasteiger partial charge in [-0.25, -0.2) is 4.98 Å². The number of esters is 1. The molecule has 34 heavy (non-hydrogen) atoms. The molecule has 1 aliphatic carbocycles. The van der Waals surface area contributed by atoms with E-state index in [2.05, 4.69) is 10.3 Å². The van der Waals surface area contributed by atoms with Gasteiger partial charge in [0.25, 0.3) is 11.7 Å². The maximum atomic E-state index is 12.3. The van der Waals surface area contributed by atoms with Crippen molar-refractivity contribution in [3.8, 4) is 22.1 Å². The lowest BCUT2D eigenvalue weighted by Gasteiger charge is -2.31. The zero-order valence-corrected chi connectivity index (χ0v) is 19.9. The minimum Gasteiger partial charge on any atom is -0.455 e. The van der Waals surface area contributed by atoms with Crippen LogP contribution in [-0.4, -0.2) is 29.3 Å². The first-order chi connectivity index (χ1) is 16.5. The Morgan fingerprint density at radius 1 is 1.09 bits per heavy atom. The summed E-state index contributed by atoms with van der Waals surface area (Å²) in [5.41, 5.74) is 2.02. The standard InChI is InChI=1S/C25H23ClN2O5S/c26-17-6-4-5-16(11-17)24-28-19(15-34-24)13-23(30)31-14-22(29)27-18-7-8-20-21(12-18)33-25(32-20)9-2-1-3-10-25/h4-8,11-12,15H,1-3,9-10,13-14H2,(H,27,29). The summed E-state index contributed by atoms with van der Waals surface area (Å²) in [6.45, 7) is -0.386. The Hall–Kier alpha value is -3.10. The number of carbonyl (C=O) groups excluding carboxylic acids is 2. The number of benzene rings is 2. The van der Waals surface area contributed by atoms with Crippen molar-refractivity contribution in [1.29, 1.82) is 0 Å². The number of aromatic nitrogens is 1. The molecule has 1 amide bonds.